The van der Waals surface area contributed by atoms with E-state index >= 15 is 0 Å². The maximum Gasteiger partial charge on any atom is 0.319 e. The number of benzene rings is 1. The molecule has 3 amide bonds. The molecule has 7 heteroatoms. The van der Waals surface area contributed by atoms with Gasteiger partial charge in [0.05, 0.1) is 0 Å². The van der Waals surface area contributed by atoms with Crippen molar-refractivity contribution in [2.45, 2.75) is 52.7 Å². The number of urea groups is 1. The molecule has 1 atom stereocenters. The molecule has 0 unspecified atom stereocenters. The van der Waals surface area contributed by atoms with E-state index in [0.29, 0.717) is 12.2 Å². The smallest absolute Gasteiger partial charge is 0.319 e. The first-order chi connectivity index (χ1) is 12.7. The summed E-state index contributed by atoms with van der Waals surface area (Å²) in [5.41, 5.74) is 2.66. The first-order valence-electron chi connectivity index (χ1n) is 9.35. The fourth-order valence-electron chi connectivity index (χ4n) is 2.76. The quantitative estimate of drug-likeness (QED) is 0.693. The summed E-state index contributed by atoms with van der Waals surface area (Å²) in [5.74, 6) is -0.0486. The lowest BCUT2D eigenvalue weighted by atomic mass is 10.1. The van der Waals surface area contributed by atoms with Crippen molar-refractivity contribution >= 4 is 23.3 Å². The Kier molecular flexibility index (Phi) is 9.08. The predicted molar refractivity (Wildman–Crippen MR) is 110 cm³/mol. The van der Waals surface area contributed by atoms with Gasteiger partial charge in [-0.05, 0) is 51.0 Å². The van der Waals surface area contributed by atoms with Gasteiger partial charge in [0.25, 0.3) is 0 Å². The first-order valence-corrected chi connectivity index (χ1v) is 9.35. The molecule has 0 saturated carbocycles. The Hall–Kier alpha value is -2.28. The number of nitrogens with zero attached hydrogens (tertiary/aromatic N) is 2. The lowest BCUT2D eigenvalue weighted by Gasteiger charge is -2.30. The minimum Gasteiger partial charge on any atom is -0.377 e. The van der Waals surface area contributed by atoms with Crippen molar-refractivity contribution in [3.05, 3.63) is 23.8 Å². The second-order valence-corrected chi connectivity index (χ2v) is 7.20. The summed E-state index contributed by atoms with van der Waals surface area (Å²) >= 11 is 0. The Balaban J connectivity index is 3.14. The molecule has 152 valence electrons. The van der Waals surface area contributed by atoms with Gasteiger partial charge in [0, 0.05) is 51.2 Å². The van der Waals surface area contributed by atoms with Crippen LogP contribution in [0.15, 0.2) is 18.2 Å². The van der Waals surface area contributed by atoms with Gasteiger partial charge in [-0.3, -0.25) is 4.79 Å². The first kappa shape index (κ1) is 22.8. The van der Waals surface area contributed by atoms with Crippen molar-refractivity contribution in [1.82, 2.24) is 10.2 Å². The number of methoxy groups -OCH3 is 1. The average molecular weight is 379 g/mol. The number of nitrogens with one attached hydrogen (secondary N) is 2. The van der Waals surface area contributed by atoms with E-state index in [2.05, 4.69) is 17.6 Å². The molecule has 0 fully saturated rings. The number of rotatable bonds is 9. The van der Waals surface area contributed by atoms with Gasteiger partial charge in [-0.25, -0.2) is 4.79 Å². The molecule has 0 bridgehead atoms. The Bertz CT molecular complexity index is 632. The van der Waals surface area contributed by atoms with E-state index in [1.54, 1.807) is 0 Å². The van der Waals surface area contributed by atoms with Gasteiger partial charge in [-0.2, -0.15) is 0 Å². The third-order valence-corrected chi connectivity index (χ3v) is 4.29. The SMILES string of the molecule is CC[C@@H](C)N(Cc1cc(NC(=O)NC(C)C)ccc1N(C)C)C(=O)COC. The minimum absolute atomic E-state index is 0.0486. The number of hydrogen-bond acceptors (Lipinski definition) is 4. The highest BCUT2D eigenvalue weighted by Crippen LogP contribution is 2.25. The van der Waals surface area contributed by atoms with E-state index in [1.165, 1.54) is 7.11 Å². The maximum atomic E-state index is 12.5. The van der Waals surface area contributed by atoms with Crippen molar-refractivity contribution in [2.24, 2.45) is 0 Å². The predicted octanol–water partition coefficient (Wildman–Crippen LogP) is 3.06. The lowest BCUT2D eigenvalue weighted by Crippen LogP contribution is -2.40. The van der Waals surface area contributed by atoms with E-state index in [1.807, 2.05) is 62.9 Å². The molecule has 0 heterocycles. The van der Waals surface area contributed by atoms with Crippen LogP contribution in [0.4, 0.5) is 16.2 Å². The molecule has 0 aliphatic heterocycles. The van der Waals surface area contributed by atoms with Gasteiger partial charge in [-0.15, -0.1) is 0 Å². The van der Waals surface area contributed by atoms with Crippen molar-refractivity contribution in [3.63, 3.8) is 0 Å². The van der Waals surface area contributed by atoms with Gasteiger partial charge in [0.15, 0.2) is 0 Å². The number of carbonyl (C=O) groups is 2. The third kappa shape index (κ3) is 7.09. The number of ether oxygens (including phenoxy) is 1. The van der Waals surface area contributed by atoms with Crippen LogP contribution in [-0.2, 0) is 16.1 Å². The summed E-state index contributed by atoms with van der Waals surface area (Å²) in [4.78, 5) is 28.4. The van der Waals surface area contributed by atoms with Crippen LogP contribution in [0.5, 0.6) is 0 Å². The zero-order chi connectivity index (χ0) is 20.6. The Morgan fingerprint density at radius 2 is 1.85 bits per heavy atom. The highest BCUT2D eigenvalue weighted by atomic mass is 16.5. The number of amides is 3. The average Bonchev–Trinajstić information content (AvgIpc) is 2.58. The second kappa shape index (κ2) is 10.8. The summed E-state index contributed by atoms with van der Waals surface area (Å²) in [6.07, 6.45) is 0.849. The largest absolute Gasteiger partial charge is 0.377 e. The highest BCUT2D eigenvalue weighted by molar-refractivity contribution is 5.90. The molecule has 1 aromatic carbocycles. The summed E-state index contributed by atoms with van der Waals surface area (Å²) in [5, 5.41) is 5.66. The molecule has 2 N–H and O–H groups in total. The van der Waals surface area contributed by atoms with Crippen LogP contribution < -0.4 is 15.5 Å². The Labute approximate surface area is 163 Å². The van der Waals surface area contributed by atoms with Crippen LogP contribution in [0.1, 0.15) is 39.7 Å². The standard InChI is InChI=1S/C20H34N4O3/c1-8-15(4)24(19(25)13-27-7)12-16-11-17(9-10-18(16)23(5)6)22-20(26)21-14(2)3/h9-11,14-15H,8,12-13H2,1-7H3,(H2,21,22,26)/t15-/m1/s1. The lowest BCUT2D eigenvalue weighted by molar-refractivity contribution is -0.138. The zero-order valence-electron chi connectivity index (χ0n) is 17.6. The molecule has 0 saturated heterocycles. The van der Waals surface area contributed by atoms with Gasteiger partial charge in [0.2, 0.25) is 5.91 Å². The molecular formula is C20H34N4O3. The molecular weight excluding hydrogens is 344 g/mol. The molecule has 0 aromatic heterocycles. The fourth-order valence-corrected chi connectivity index (χ4v) is 2.76. The van der Waals surface area contributed by atoms with E-state index in [9.17, 15) is 9.59 Å². The number of hydrogen-bond donors (Lipinski definition) is 2. The molecule has 1 rings (SSSR count). The number of anilines is 2. The third-order valence-electron chi connectivity index (χ3n) is 4.29. The van der Waals surface area contributed by atoms with E-state index in [4.69, 9.17) is 4.74 Å². The van der Waals surface area contributed by atoms with E-state index in [0.717, 1.165) is 17.7 Å². The highest BCUT2D eigenvalue weighted by Gasteiger charge is 2.21. The summed E-state index contributed by atoms with van der Waals surface area (Å²) < 4.78 is 5.04. The monoisotopic (exact) mass is 378 g/mol. The van der Waals surface area contributed by atoms with Gasteiger partial charge in [-0.1, -0.05) is 6.92 Å². The molecule has 0 spiro atoms. The second-order valence-electron chi connectivity index (χ2n) is 7.20. The topological polar surface area (TPSA) is 73.9 Å². The molecule has 0 aliphatic carbocycles. The molecule has 1 aromatic rings. The van der Waals surface area contributed by atoms with Crippen LogP contribution in [0.2, 0.25) is 0 Å². The van der Waals surface area contributed by atoms with Crippen molar-refractivity contribution in [3.8, 4) is 0 Å². The Morgan fingerprint density at radius 3 is 2.37 bits per heavy atom. The maximum absolute atomic E-state index is 12.5. The zero-order valence-corrected chi connectivity index (χ0v) is 17.6. The summed E-state index contributed by atoms with van der Waals surface area (Å²) in [6, 6.07) is 5.63. The summed E-state index contributed by atoms with van der Waals surface area (Å²) in [7, 11) is 5.44. The van der Waals surface area contributed by atoms with Crippen LogP contribution in [0, 0.1) is 0 Å². The van der Waals surface area contributed by atoms with Gasteiger partial charge < -0.3 is 25.2 Å². The molecule has 27 heavy (non-hydrogen) atoms. The van der Waals surface area contributed by atoms with Gasteiger partial charge >= 0.3 is 6.03 Å². The minimum atomic E-state index is -0.247. The Morgan fingerprint density at radius 1 is 1.19 bits per heavy atom. The van der Waals surface area contributed by atoms with Crippen molar-refractivity contribution in [1.29, 1.82) is 0 Å². The van der Waals surface area contributed by atoms with E-state index in [-0.39, 0.29) is 30.6 Å². The van der Waals surface area contributed by atoms with Crippen LogP contribution >= 0.6 is 0 Å². The van der Waals surface area contributed by atoms with Gasteiger partial charge in [0.1, 0.15) is 6.61 Å². The van der Waals surface area contributed by atoms with Crippen LogP contribution in [0.25, 0.3) is 0 Å². The van der Waals surface area contributed by atoms with E-state index < -0.39 is 0 Å². The van der Waals surface area contributed by atoms with Crippen molar-refractivity contribution < 1.29 is 14.3 Å². The molecule has 0 aliphatic rings. The molecule has 0 radical (unpaired) electrons. The molecule has 7 nitrogen and oxygen atoms in total. The fraction of sp³-hybridized carbons (Fsp3) is 0.600. The van der Waals surface area contributed by atoms with Crippen LogP contribution in [0.3, 0.4) is 0 Å². The van der Waals surface area contributed by atoms with Crippen LogP contribution in [-0.4, -0.2) is 56.7 Å². The number of carbonyl (C=O) groups excluding carboxylic acids is 2. The summed E-state index contributed by atoms with van der Waals surface area (Å²) in [6.45, 7) is 8.40. The normalized spacial score (nSPS) is 11.9. The van der Waals surface area contributed by atoms with Crippen molar-refractivity contribution in [2.75, 3.05) is 38.0 Å².